The fourth-order valence-electron chi connectivity index (χ4n) is 4.15. The van der Waals surface area contributed by atoms with Crippen LogP contribution in [0.3, 0.4) is 0 Å². The Bertz CT molecular complexity index is 1300. The molecule has 1 N–H and O–H groups in total. The third-order valence-electron chi connectivity index (χ3n) is 5.54. The number of allylic oxidation sites excluding steroid dienone is 2. The van der Waals surface area contributed by atoms with E-state index in [0.29, 0.717) is 9.33 Å². The van der Waals surface area contributed by atoms with Crippen molar-refractivity contribution in [3.8, 4) is 5.75 Å². The highest BCUT2D eigenvalue weighted by molar-refractivity contribution is 9.10. The Hall–Kier alpha value is -2.44. The number of aromatic nitrogens is 1. The average molecular weight is 467 g/mol. The van der Waals surface area contributed by atoms with E-state index in [0.717, 1.165) is 47.0 Å². The number of thiazole rings is 1. The number of halogens is 1. The van der Waals surface area contributed by atoms with E-state index in [1.807, 2.05) is 48.5 Å². The molecule has 146 valence electrons. The molecule has 3 aromatic rings. The minimum atomic E-state index is -0.283. The Balaban J connectivity index is 1.75. The van der Waals surface area contributed by atoms with E-state index in [1.54, 1.807) is 10.6 Å². The molecule has 0 fully saturated rings. The lowest BCUT2D eigenvalue weighted by molar-refractivity contribution is 0.448. The number of phenolic OH excluding ortho intramolecular Hbond substituents is 1. The largest absolute Gasteiger partial charge is 0.508 e. The van der Waals surface area contributed by atoms with Gasteiger partial charge in [-0.1, -0.05) is 57.6 Å². The van der Waals surface area contributed by atoms with Gasteiger partial charge < -0.3 is 5.11 Å². The zero-order valence-electron chi connectivity index (χ0n) is 15.6. The number of phenols is 1. The maximum Gasteiger partial charge on any atom is 0.271 e. The quantitative estimate of drug-likeness (QED) is 0.613. The van der Waals surface area contributed by atoms with Crippen LogP contribution in [-0.2, 0) is 0 Å². The number of hydrogen-bond donors (Lipinski definition) is 1. The Kier molecular flexibility index (Phi) is 4.76. The van der Waals surface area contributed by atoms with Gasteiger partial charge in [-0.2, -0.15) is 0 Å². The number of rotatable bonds is 2. The van der Waals surface area contributed by atoms with Crippen molar-refractivity contribution >= 4 is 33.3 Å². The van der Waals surface area contributed by atoms with Crippen LogP contribution in [0.25, 0.3) is 6.08 Å². The molecule has 1 aliphatic heterocycles. The van der Waals surface area contributed by atoms with Crippen LogP contribution in [0.15, 0.2) is 74.1 Å². The van der Waals surface area contributed by atoms with Crippen molar-refractivity contribution in [2.45, 2.75) is 31.7 Å². The van der Waals surface area contributed by atoms with Crippen molar-refractivity contribution in [2.75, 3.05) is 0 Å². The van der Waals surface area contributed by atoms with Gasteiger partial charge in [0, 0.05) is 15.7 Å². The smallest absolute Gasteiger partial charge is 0.271 e. The number of fused-ring (bicyclic) bond motifs is 1. The molecule has 1 aliphatic carbocycles. The fourth-order valence-corrected chi connectivity index (χ4v) is 5.44. The first-order valence-electron chi connectivity index (χ1n) is 9.69. The molecule has 2 aliphatic rings. The summed E-state index contributed by atoms with van der Waals surface area (Å²) in [5, 5.41) is 10.6. The first-order valence-corrected chi connectivity index (χ1v) is 11.3. The maximum atomic E-state index is 13.4. The van der Waals surface area contributed by atoms with Crippen molar-refractivity contribution in [3.63, 3.8) is 0 Å². The van der Waals surface area contributed by atoms with Crippen LogP contribution in [0, 0.1) is 0 Å². The summed E-state index contributed by atoms with van der Waals surface area (Å²) in [6, 6.07) is 14.9. The molecule has 1 unspecified atom stereocenters. The van der Waals surface area contributed by atoms with Crippen molar-refractivity contribution in [2.24, 2.45) is 4.99 Å². The summed E-state index contributed by atoms with van der Waals surface area (Å²) < 4.78 is 3.43. The van der Waals surface area contributed by atoms with E-state index in [2.05, 4.69) is 15.9 Å². The second-order valence-corrected chi connectivity index (χ2v) is 9.30. The average Bonchev–Trinajstić information content (AvgIpc) is 3.03. The van der Waals surface area contributed by atoms with E-state index < -0.39 is 0 Å². The summed E-state index contributed by atoms with van der Waals surface area (Å²) >= 11 is 4.87. The Labute approximate surface area is 180 Å². The molecule has 0 saturated carbocycles. The SMILES string of the molecule is O=c1/c(=C/c2ccc(Br)cc2)sc2n1C(c1ccccc1O)C1=C(CCCC1)N=2. The van der Waals surface area contributed by atoms with E-state index in [4.69, 9.17) is 4.99 Å². The van der Waals surface area contributed by atoms with Gasteiger partial charge in [0.2, 0.25) is 0 Å². The molecule has 29 heavy (non-hydrogen) atoms. The summed E-state index contributed by atoms with van der Waals surface area (Å²) in [7, 11) is 0. The molecule has 5 rings (SSSR count). The monoisotopic (exact) mass is 466 g/mol. The summed E-state index contributed by atoms with van der Waals surface area (Å²) in [4.78, 5) is 19.0. The number of hydrogen-bond acceptors (Lipinski definition) is 4. The zero-order chi connectivity index (χ0) is 20.0. The van der Waals surface area contributed by atoms with Crippen LogP contribution < -0.4 is 14.9 Å². The van der Waals surface area contributed by atoms with Crippen molar-refractivity contribution in [1.29, 1.82) is 0 Å². The van der Waals surface area contributed by atoms with E-state index in [9.17, 15) is 9.90 Å². The standard InChI is InChI=1S/C23H19BrN2O2S/c24-15-11-9-14(10-12-15)13-20-22(28)26-21(17-6-2-4-8-19(17)27)16-5-1-3-7-18(16)25-23(26)29-20/h2,4,6,8-13,21,27H,1,3,5,7H2/b20-13-. The molecular weight excluding hydrogens is 448 g/mol. The van der Waals surface area contributed by atoms with Crippen molar-refractivity contribution < 1.29 is 5.11 Å². The predicted molar refractivity (Wildman–Crippen MR) is 119 cm³/mol. The highest BCUT2D eigenvalue weighted by Crippen LogP contribution is 2.40. The minimum Gasteiger partial charge on any atom is -0.508 e. The number of aromatic hydroxyl groups is 1. The molecule has 2 aromatic carbocycles. The van der Waals surface area contributed by atoms with E-state index in [-0.39, 0.29) is 17.4 Å². The highest BCUT2D eigenvalue weighted by atomic mass is 79.9. The molecule has 4 nitrogen and oxygen atoms in total. The van der Waals surface area contributed by atoms with Gasteiger partial charge in [0.05, 0.1) is 10.6 Å². The summed E-state index contributed by atoms with van der Waals surface area (Å²) in [6.07, 6.45) is 5.96. The molecule has 0 spiro atoms. The summed E-state index contributed by atoms with van der Waals surface area (Å²) in [6.45, 7) is 0. The van der Waals surface area contributed by atoms with Crippen LogP contribution in [0.4, 0.5) is 0 Å². The highest BCUT2D eigenvalue weighted by Gasteiger charge is 2.31. The van der Waals surface area contributed by atoms with Crippen LogP contribution in [-0.4, -0.2) is 9.67 Å². The molecule has 6 heteroatoms. The van der Waals surface area contributed by atoms with Gasteiger partial charge in [-0.15, -0.1) is 0 Å². The lowest BCUT2D eigenvalue weighted by Gasteiger charge is -2.29. The van der Waals surface area contributed by atoms with Gasteiger partial charge in [0.15, 0.2) is 4.80 Å². The van der Waals surface area contributed by atoms with Gasteiger partial charge in [-0.3, -0.25) is 9.36 Å². The lowest BCUT2D eigenvalue weighted by Crippen LogP contribution is -2.38. The second-order valence-electron chi connectivity index (χ2n) is 7.37. The molecule has 1 aromatic heterocycles. The lowest BCUT2D eigenvalue weighted by atomic mass is 9.86. The summed E-state index contributed by atoms with van der Waals surface area (Å²) in [5.74, 6) is 0.222. The number of nitrogens with zero attached hydrogens (tertiary/aromatic N) is 2. The van der Waals surface area contributed by atoms with Gasteiger partial charge in [-0.25, -0.2) is 4.99 Å². The van der Waals surface area contributed by atoms with Crippen molar-refractivity contribution in [1.82, 2.24) is 4.57 Å². The molecule has 0 bridgehead atoms. The topological polar surface area (TPSA) is 54.6 Å². The van der Waals surface area contributed by atoms with Gasteiger partial charge >= 0.3 is 0 Å². The normalized spacial score (nSPS) is 18.9. The first kappa shape index (κ1) is 18.6. The van der Waals surface area contributed by atoms with Crippen LogP contribution >= 0.6 is 27.3 Å². The van der Waals surface area contributed by atoms with Crippen LogP contribution in [0.2, 0.25) is 0 Å². The maximum absolute atomic E-state index is 13.4. The van der Waals surface area contributed by atoms with Gasteiger partial charge in [-0.05, 0) is 61.1 Å². The molecule has 1 atom stereocenters. The number of benzene rings is 2. The zero-order valence-corrected chi connectivity index (χ0v) is 18.0. The summed E-state index contributed by atoms with van der Waals surface area (Å²) in [5.41, 5.74) is 3.94. The van der Waals surface area contributed by atoms with E-state index in [1.165, 1.54) is 16.9 Å². The van der Waals surface area contributed by atoms with Gasteiger partial charge in [0.25, 0.3) is 5.56 Å². The Morgan fingerprint density at radius 3 is 2.66 bits per heavy atom. The molecular formula is C23H19BrN2O2S. The Morgan fingerprint density at radius 1 is 1.10 bits per heavy atom. The minimum absolute atomic E-state index is 0.0537. The van der Waals surface area contributed by atoms with E-state index >= 15 is 0 Å². The third kappa shape index (κ3) is 3.30. The molecule has 0 radical (unpaired) electrons. The molecule has 2 heterocycles. The Morgan fingerprint density at radius 2 is 1.86 bits per heavy atom. The fraction of sp³-hybridized carbons (Fsp3) is 0.217. The number of para-hydroxylation sites is 1. The second kappa shape index (κ2) is 7.43. The third-order valence-corrected chi connectivity index (χ3v) is 7.05. The molecule has 0 saturated heterocycles. The predicted octanol–water partition coefficient (Wildman–Crippen LogP) is 4.26. The van der Waals surface area contributed by atoms with Gasteiger partial charge in [0.1, 0.15) is 5.75 Å². The first-order chi connectivity index (χ1) is 14.1. The van der Waals surface area contributed by atoms with Crippen LogP contribution in [0.5, 0.6) is 5.75 Å². The molecule has 0 amide bonds. The van der Waals surface area contributed by atoms with Crippen LogP contribution in [0.1, 0.15) is 42.9 Å². The van der Waals surface area contributed by atoms with Crippen molar-refractivity contribution in [3.05, 3.63) is 95.1 Å².